The Morgan fingerprint density at radius 1 is 1.24 bits per heavy atom. The van der Waals surface area contributed by atoms with Crippen molar-refractivity contribution in [2.45, 2.75) is 18.4 Å². The number of aliphatic hydroxyl groups is 1. The van der Waals surface area contributed by atoms with Crippen LogP contribution in [0.4, 0.5) is 0 Å². The maximum absolute atomic E-state index is 12.9. The van der Waals surface area contributed by atoms with Gasteiger partial charge in [-0.1, -0.05) is 27.5 Å². The van der Waals surface area contributed by atoms with Gasteiger partial charge in [0, 0.05) is 44.7 Å². The molecule has 1 saturated heterocycles. The number of fused-ring (bicyclic) bond motifs is 1. The minimum atomic E-state index is -0.432. The van der Waals surface area contributed by atoms with E-state index in [1.165, 1.54) is 6.07 Å². The molecule has 0 aliphatic carbocycles. The van der Waals surface area contributed by atoms with E-state index in [1.54, 1.807) is 18.2 Å². The molecule has 0 bridgehead atoms. The maximum atomic E-state index is 12.9. The van der Waals surface area contributed by atoms with Gasteiger partial charge >= 0.3 is 0 Å². The summed E-state index contributed by atoms with van der Waals surface area (Å²) in [6.07, 6.45) is 0.671. The first-order valence-electron chi connectivity index (χ1n) is 9.11. The number of phenols is 2. The van der Waals surface area contributed by atoms with Gasteiger partial charge in [0.1, 0.15) is 28.2 Å². The summed E-state index contributed by atoms with van der Waals surface area (Å²) in [5.74, 6) is -0.512. The van der Waals surface area contributed by atoms with Crippen molar-refractivity contribution in [2.24, 2.45) is 0 Å². The normalized spacial score (nSPS) is 19.9. The molecule has 3 N–H and O–H groups in total. The molecule has 0 spiro atoms. The van der Waals surface area contributed by atoms with Gasteiger partial charge in [-0.15, -0.1) is 0 Å². The van der Waals surface area contributed by atoms with Crippen molar-refractivity contribution >= 4 is 38.5 Å². The first-order valence-corrected chi connectivity index (χ1v) is 10.3. The van der Waals surface area contributed by atoms with Gasteiger partial charge in [-0.05, 0) is 38.2 Å². The van der Waals surface area contributed by atoms with Gasteiger partial charge in [-0.25, -0.2) is 0 Å². The fourth-order valence-electron chi connectivity index (χ4n) is 4.11. The molecule has 4 rings (SSSR count). The van der Waals surface area contributed by atoms with E-state index < -0.39 is 5.43 Å². The molecule has 152 valence electrons. The first-order chi connectivity index (χ1) is 13.8. The van der Waals surface area contributed by atoms with E-state index in [1.807, 2.05) is 11.9 Å². The smallest absolute Gasteiger partial charge is 0.197 e. The Balaban J connectivity index is 2.03. The molecule has 6 nitrogen and oxygen atoms in total. The fraction of sp³-hybridized carbons (Fsp3) is 0.286. The Labute approximate surface area is 180 Å². The summed E-state index contributed by atoms with van der Waals surface area (Å²) in [6.45, 7) is 0.619. The number of hydrogen-bond donors (Lipinski definition) is 3. The molecule has 3 aromatic rings. The van der Waals surface area contributed by atoms with Crippen molar-refractivity contribution in [3.05, 3.63) is 55.6 Å². The summed E-state index contributed by atoms with van der Waals surface area (Å²) < 4.78 is 6.77. The van der Waals surface area contributed by atoms with Gasteiger partial charge in [-0.3, -0.25) is 4.79 Å². The van der Waals surface area contributed by atoms with Crippen molar-refractivity contribution in [1.29, 1.82) is 0 Å². The van der Waals surface area contributed by atoms with Crippen LogP contribution in [0.15, 0.2) is 44.0 Å². The average Bonchev–Trinajstić information content (AvgIpc) is 3.03. The lowest BCUT2D eigenvalue weighted by atomic mass is 9.89. The lowest BCUT2D eigenvalue weighted by Gasteiger charge is -2.24. The average molecular weight is 481 g/mol. The number of hydrogen-bond acceptors (Lipinski definition) is 6. The number of rotatable bonds is 3. The highest BCUT2D eigenvalue weighted by Crippen LogP contribution is 2.44. The Kier molecular flexibility index (Phi) is 5.33. The molecule has 0 amide bonds. The van der Waals surface area contributed by atoms with E-state index in [9.17, 15) is 20.1 Å². The molecule has 0 unspecified atom stereocenters. The number of aliphatic hydroxyl groups excluding tert-OH is 1. The Bertz CT molecular complexity index is 1160. The first kappa shape index (κ1) is 20.2. The quantitative estimate of drug-likeness (QED) is 0.523. The number of aromatic hydroxyl groups is 2. The van der Waals surface area contributed by atoms with Gasteiger partial charge < -0.3 is 24.6 Å². The van der Waals surface area contributed by atoms with Gasteiger partial charge in [0.05, 0.1) is 6.61 Å². The van der Waals surface area contributed by atoms with E-state index in [-0.39, 0.29) is 46.8 Å². The van der Waals surface area contributed by atoms with Crippen LogP contribution in [0.5, 0.6) is 11.5 Å². The summed E-state index contributed by atoms with van der Waals surface area (Å²) in [5, 5.41) is 31.3. The third kappa shape index (κ3) is 3.42. The highest BCUT2D eigenvalue weighted by Gasteiger charge is 2.36. The van der Waals surface area contributed by atoms with Crippen LogP contribution in [0.1, 0.15) is 17.9 Å². The van der Waals surface area contributed by atoms with Crippen molar-refractivity contribution in [1.82, 2.24) is 4.90 Å². The number of benzene rings is 2. The minimum Gasteiger partial charge on any atom is -0.507 e. The van der Waals surface area contributed by atoms with Crippen molar-refractivity contribution in [2.75, 3.05) is 20.2 Å². The third-order valence-corrected chi connectivity index (χ3v) is 6.50. The van der Waals surface area contributed by atoms with Crippen molar-refractivity contribution < 1.29 is 19.7 Å². The van der Waals surface area contributed by atoms with Crippen LogP contribution in [-0.4, -0.2) is 46.5 Å². The second-order valence-electron chi connectivity index (χ2n) is 7.26. The number of phenolic OH excluding ortho intramolecular Hbond substituents is 2. The van der Waals surface area contributed by atoms with Crippen LogP contribution in [0.3, 0.4) is 0 Å². The Hall–Kier alpha value is -2.06. The highest BCUT2D eigenvalue weighted by atomic mass is 79.9. The highest BCUT2D eigenvalue weighted by molar-refractivity contribution is 9.10. The lowest BCUT2D eigenvalue weighted by molar-refractivity contribution is 0.172. The molecule has 1 aliphatic rings. The molecule has 2 aromatic carbocycles. The molecule has 2 atom stereocenters. The predicted octanol–water partition coefficient (Wildman–Crippen LogP) is 4.07. The summed E-state index contributed by atoms with van der Waals surface area (Å²) in [5.41, 5.74) is 0.681. The summed E-state index contributed by atoms with van der Waals surface area (Å²) in [7, 11) is 1.89. The van der Waals surface area contributed by atoms with Gasteiger partial charge in [0.2, 0.25) is 0 Å². The largest absolute Gasteiger partial charge is 0.507 e. The van der Waals surface area contributed by atoms with Gasteiger partial charge in [0.15, 0.2) is 5.43 Å². The molecule has 0 saturated carbocycles. The second-order valence-corrected chi connectivity index (χ2v) is 8.55. The van der Waals surface area contributed by atoms with E-state index in [2.05, 4.69) is 15.9 Å². The zero-order valence-electron chi connectivity index (χ0n) is 15.5. The van der Waals surface area contributed by atoms with Crippen LogP contribution in [0, 0.1) is 0 Å². The summed E-state index contributed by atoms with van der Waals surface area (Å²) in [4.78, 5) is 14.9. The third-order valence-electron chi connectivity index (χ3n) is 5.57. The molecule has 8 heteroatoms. The predicted molar refractivity (Wildman–Crippen MR) is 115 cm³/mol. The molecule has 1 aliphatic heterocycles. The monoisotopic (exact) mass is 479 g/mol. The van der Waals surface area contributed by atoms with Crippen LogP contribution >= 0.6 is 27.5 Å². The number of likely N-dealkylation sites (tertiary alicyclic amines) is 1. The standard InChI is InChI=1S/C21H19BrClNO5/c1-24-5-4-11(14(24)9-25)19-15(26)7-16(27)20-17(28)8-18(29-21(19)20)12-6-10(23)2-3-13(12)22/h2-3,6-8,11,14,25-27H,4-5,9H2,1H3/t11-,14+/m0/s1. The van der Waals surface area contributed by atoms with Gasteiger partial charge in [-0.2, -0.15) is 0 Å². The van der Waals surface area contributed by atoms with E-state index in [0.29, 0.717) is 27.0 Å². The van der Waals surface area contributed by atoms with E-state index in [0.717, 1.165) is 12.6 Å². The van der Waals surface area contributed by atoms with Gasteiger partial charge in [0.25, 0.3) is 0 Å². The Morgan fingerprint density at radius 3 is 2.72 bits per heavy atom. The molecular formula is C21H19BrClNO5. The fourth-order valence-corrected chi connectivity index (χ4v) is 4.72. The lowest BCUT2D eigenvalue weighted by Crippen LogP contribution is -2.32. The minimum absolute atomic E-state index is 0.00550. The number of halogens is 2. The zero-order valence-corrected chi connectivity index (χ0v) is 17.9. The van der Waals surface area contributed by atoms with Crippen LogP contribution in [-0.2, 0) is 0 Å². The molecular weight excluding hydrogens is 462 g/mol. The molecule has 0 radical (unpaired) electrons. The zero-order chi connectivity index (χ0) is 20.9. The number of likely N-dealkylation sites (N-methyl/N-ethyl adjacent to an activating group) is 1. The molecule has 1 aromatic heterocycles. The van der Waals surface area contributed by atoms with E-state index in [4.69, 9.17) is 16.0 Å². The maximum Gasteiger partial charge on any atom is 0.197 e. The molecule has 1 fully saturated rings. The number of nitrogens with zero attached hydrogens (tertiary/aromatic N) is 1. The van der Waals surface area contributed by atoms with Crippen LogP contribution < -0.4 is 5.43 Å². The van der Waals surface area contributed by atoms with Crippen molar-refractivity contribution in [3.63, 3.8) is 0 Å². The molecule has 2 heterocycles. The molecule has 29 heavy (non-hydrogen) atoms. The SMILES string of the molecule is CN1CC[C@H](c2c(O)cc(O)c3c(=O)cc(-c4cc(Cl)ccc4Br)oc23)[C@H]1CO. The van der Waals surface area contributed by atoms with E-state index >= 15 is 0 Å². The van der Waals surface area contributed by atoms with Crippen molar-refractivity contribution in [3.8, 4) is 22.8 Å². The van der Waals surface area contributed by atoms with Crippen LogP contribution in [0.2, 0.25) is 5.02 Å². The topological polar surface area (TPSA) is 94.1 Å². The summed E-state index contributed by atoms with van der Waals surface area (Å²) in [6, 6.07) is 7.34. The van der Waals surface area contributed by atoms with Crippen LogP contribution in [0.25, 0.3) is 22.3 Å². The Morgan fingerprint density at radius 2 is 2.00 bits per heavy atom. The summed E-state index contributed by atoms with van der Waals surface area (Å²) >= 11 is 9.55. The second kappa shape index (κ2) is 7.65.